The molecule has 1 saturated carbocycles. The Hall–Kier alpha value is -3.46. The second-order valence-corrected chi connectivity index (χ2v) is 8.53. The second-order valence-electron chi connectivity index (χ2n) is 8.53. The summed E-state index contributed by atoms with van der Waals surface area (Å²) in [6, 6.07) is 16.9. The quantitative estimate of drug-likeness (QED) is 0.735. The summed E-state index contributed by atoms with van der Waals surface area (Å²) in [5.41, 5.74) is 9.12. The highest BCUT2D eigenvalue weighted by molar-refractivity contribution is 6.11. The molecule has 2 aromatic carbocycles. The molecule has 0 aromatic heterocycles. The maximum Gasteiger partial charge on any atom is 0.471 e. The van der Waals surface area contributed by atoms with Gasteiger partial charge in [0.05, 0.1) is 0 Å². The third-order valence-corrected chi connectivity index (χ3v) is 6.39. The molecule has 3 N–H and O–H groups in total. The van der Waals surface area contributed by atoms with E-state index in [2.05, 4.69) is 5.10 Å². The van der Waals surface area contributed by atoms with Crippen LogP contribution in [0.1, 0.15) is 48.0 Å². The van der Waals surface area contributed by atoms with Gasteiger partial charge in [-0.3, -0.25) is 9.79 Å². The molecule has 1 fully saturated rings. The zero-order valence-electron chi connectivity index (χ0n) is 17.6. The van der Waals surface area contributed by atoms with Gasteiger partial charge in [-0.05, 0) is 48.1 Å². The van der Waals surface area contributed by atoms with Crippen LogP contribution in [0.3, 0.4) is 0 Å². The van der Waals surface area contributed by atoms with Gasteiger partial charge in [0.2, 0.25) is 0 Å². The summed E-state index contributed by atoms with van der Waals surface area (Å²) >= 11 is 0. The molecule has 2 atom stereocenters. The molecule has 5 rings (SSSR count). The molecule has 2 unspecified atom stereocenters. The minimum absolute atomic E-state index is 0.191. The first-order valence-corrected chi connectivity index (χ1v) is 10.7. The number of halogens is 3. The Morgan fingerprint density at radius 1 is 1.03 bits per heavy atom. The van der Waals surface area contributed by atoms with E-state index in [9.17, 15) is 18.0 Å². The molecule has 2 aromatic rings. The van der Waals surface area contributed by atoms with Gasteiger partial charge in [0.1, 0.15) is 17.9 Å². The third kappa shape index (κ3) is 3.93. The molecule has 33 heavy (non-hydrogen) atoms. The van der Waals surface area contributed by atoms with E-state index in [-0.39, 0.29) is 23.5 Å². The number of rotatable bonds is 3. The zero-order chi connectivity index (χ0) is 23.2. The smallest absolute Gasteiger partial charge is 0.321 e. The number of aliphatic imine (C=N–C) groups is 1. The van der Waals surface area contributed by atoms with E-state index in [0.29, 0.717) is 5.84 Å². The number of carbonyl (C=O) groups excluding carboxylic acids is 1. The Balaban J connectivity index is 1.48. The van der Waals surface area contributed by atoms with Gasteiger partial charge < -0.3 is 11.1 Å². The molecular formula is C24H22F3N5O. The van der Waals surface area contributed by atoms with Crippen molar-refractivity contribution in [1.82, 2.24) is 10.3 Å². The topological polar surface area (TPSA) is 83.1 Å². The van der Waals surface area contributed by atoms with Crippen LogP contribution in [-0.2, 0) is 10.3 Å². The Morgan fingerprint density at radius 2 is 1.73 bits per heavy atom. The summed E-state index contributed by atoms with van der Waals surface area (Å²) in [5.74, 6) is -1.75. The van der Waals surface area contributed by atoms with Gasteiger partial charge in [0.15, 0.2) is 5.84 Å². The summed E-state index contributed by atoms with van der Waals surface area (Å²) < 4.78 is 38.1. The van der Waals surface area contributed by atoms with E-state index in [0.717, 1.165) is 36.0 Å². The molecule has 3 aliphatic rings. The number of hydrazone groups is 1. The van der Waals surface area contributed by atoms with Crippen LogP contribution in [-0.4, -0.2) is 28.8 Å². The molecule has 2 heterocycles. The molecule has 170 valence electrons. The lowest BCUT2D eigenvalue weighted by atomic mass is 9.72. The van der Waals surface area contributed by atoms with Gasteiger partial charge in [-0.15, -0.1) is 0 Å². The molecule has 0 spiro atoms. The van der Waals surface area contributed by atoms with Crippen molar-refractivity contribution in [3.8, 4) is 0 Å². The van der Waals surface area contributed by atoms with E-state index in [1.165, 1.54) is 6.08 Å². The van der Waals surface area contributed by atoms with Crippen molar-refractivity contribution in [3.05, 3.63) is 83.4 Å². The SMILES string of the molecule is NC1(c2ccc(C3N=C4C=CC(NC(=O)C(F)(F)F)=NN4C3c3ccccc3)cc2)CCC1. The van der Waals surface area contributed by atoms with Gasteiger partial charge in [-0.1, -0.05) is 54.6 Å². The maximum atomic E-state index is 12.7. The van der Waals surface area contributed by atoms with Gasteiger partial charge in [-0.2, -0.15) is 18.3 Å². The molecule has 0 saturated heterocycles. The van der Waals surface area contributed by atoms with Crippen molar-refractivity contribution in [2.24, 2.45) is 15.8 Å². The summed E-state index contributed by atoms with van der Waals surface area (Å²) in [7, 11) is 0. The number of nitrogens with zero attached hydrogens (tertiary/aromatic N) is 3. The van der Waals surface area contributed by atoms with E-state index >= 15 is 0 Å². The molecule has 1 amide bonds. The van der Waals surface area contributed by atoms with Crippen LogP contribution in [0.2, 0.25) is 0 Å². The van der Waals surface area contributed by atoms with Crippen molar-refractivity contribution in [3.63, 3.8) is 0 Å². The average Bonchev–Trinajstić information content (AvgIpc) is 3.16. The van der Waals surface area contributed by atoms with E-state index < -0.39 is 12.1 Å². The number of amides is 1. The minimum Gasteiger partial charge on any atom is -0.321 e. The fourth-order valence-electron chi connectivity index (χ4n) is 4.43. The number of alkyl halides is 3. The van der Waals surface area contributed by atoms with Gasteiger partial charge in [0.25, 0.3) is 0 Å². The number of carbonyl (C=O) groups is 1. The minimum atomic E-state index is -5.00. The fraction of sp³-hybridized carbons (Fsp3) is 0.292. The van der Waals surface area contributed by atoms with Crippen LogP contribution in [0.5, 0.6) is 0 Å². The maximum absolute atomic E-state index is 12.7. The fourth-order valence-corrected chi connectivity index (χ4v) is 4.43. The number of nitrogens with two attached hydrogens (primary N) is 1. The Bertz CT molecular complexity index is 1150. The van der Waals surface area contributed by atoms with Crippen LogP contribution in [0.15, 0.2) is 76.8 Å². The van der Waals surface area contributed by atoms with Crippen LogP contribution < -0.4 is 11.1 Å². The Morgan fingerprint density at radius 3 is 2.33 bits per heavy atom. The van der Waals surface area contributed by atoms with E-state index in [1.807, 2.05) is 59.9 Å². The lowest BCUT2D eigenvalue weighted by molar-refractivity contribution is -0.171. The first-order valence-electron chi connectivity index (χ1n) is 10.7. The molecule has 9 heteroatoms. The summed E-state index contributed by atoms with van der Waals surface area (Å²) in [4.78, 5) is 16.2. The van der Waals surface area contributed by atoms with Crippen LogP contribution in [0, 0.1) is 0 Å². The van der Waals surface area contributed by atoms with Crippen LogP contribution >= 0.6 is 0 Å². The van der Waals surface area contributed by atoms with Gasteiger partial charge in [0, 0.05) is 5.54 Å². The molecule has 2 aliphatic heterocycles. The van der Waals surface area contributed by atoms with Gasteiger partial charge in [-0.25, -0.2) is 5.01 Å². The number of amidine groups is 2. The second kappa shape index (κ2) is 7.84. The highest BCUT2D eigenvalue weighted by Crippen LogP contribution is 2.44. The molecular weight excluding hydrogens is 431 g/mol. The highest BCUT2D eigenvalue weighted by atomic mass is 19.4. The number of benzene rings is 2. The monoisotopic (exact) mass is 453 g/mol. The predicted molar refractivity (Wildman–Crippen MR) is 118 cm³/mol. The molecule has 1 aliphatic carbocycles. The Labute approximate surface area is 188 Å². The normalized spacial score (nSPS) is 23.3. The lowest BCUT2D eigenvalue weighted by Crippen LogP contribution is -2.43. The number of fused-ring (bicyclic) bond motifs is 1. The number of hydrogen-bond donors (Lipinski definition) is 2. The largest absolute Gasteiger partial charge is 0.471 e. The number of nitrogens with one attached hydrogen (secondary N) is 1. The standard InChI is InChI=1S/C24H22F3N5O/c25-24(26,27)22(33)29-18-11-12-19-30-20(21(32(19)31-18)16-5-2-1-3-6-16)15-7-9-17(10-8-15)23(28)13-4-14-23/h1-3,5-12,20-21H,4,13-14,28H2,(H,29,31,33). The van der Waals surface area contributed by atoms with Crippen molar-refractivity contribution in [2.75, 3.05) is 0 Å². The van der Waals surface area contributed by atoms with Crippen molar-refractivity contribution in [1.29, 1.82) is 0 Å². The van der Waals surface area contributed by atoms with Crippen molar-refractivity contribution >= 4 is 17.6 Å². The van der Waals surface area contributed by atoms with Crippen molar-refractivity contribution in [2.45, 2.75) is 43.1 Å². The molecule has 0 bridgehead atoms. The van der Waals surface area contributed by atoms with Crippen molar-refractivity contribution < 1.29 is 18.0 Å². The summed E-state index contributed by atoms with van der Waals surface area (Å²) in [5, 5.41) is 7.68. The first kappa shape index (κ1) is 21.4. The third-order valence-electron chi connectivity index (χ3n) is 6.39. The van der Waals surface area contributed by atoms with Gasteiger partial charge >= 0.3 is 12.1 Å². The highest BCUT2D eigenvalue weighted by Gasteiger charge is 2.42. The molecule has 6 nitrogen and oxygen atoms in total. The zero-order valence-corrected chi connectivity index (χ0v) is 17.6. The first-order chi connectivity index (χ1) is 15.7. The summed E-state index contributed by atoms with van der Waals surface area (Å²) in [6.45, 7) is 0. The predicted octanol–water partition coefficient (Wildman–Crippen LogP) is 4.08. The van der Waals surface area contributed by atoms with Crippen LogP contribution in [0.25, 0.3) is 0 Å². The summed E-state index contributed by atoms with van der Waals surface area (Å²) in [6.07, 6.45) is 0.930. The van der Waals surface area contributed by atoms with E-state index in [4.69, 9.17) is 10.7 Å². The Kier molecular flexibility index (Phi) is 5.08. The molecule has 0 radical (unpaired) electrons. The van der Waals surface area contributed by atoms with E-state index in [1.54, 1.807) is 11.1 Å². The number of hydrogen-bond acceptors (Lipinski definition) is 5. The van der Waals surface area contributed by atoms with Crippen LogP contribution in [0.4, 0.5) is 13.2 Å². The average molecular weight is 453 g/mol. The lowest BCUT2D eigenvalue weighted by Gasteiger charge is -2.38.